The lowest BCUT2D eigenvalue weighted by Gasteiger charge is -2.25. The van der Waals surface area contributed by atoms with E-state index in [0.717, 1.165) is 34.7 Å². The molecule has 0 radical (unpaired) electrons. The molecule has 0 aromatic carbocycles. The number of amides is 1. The van der Waals surface area contributed by atoms with Crippen LogP contribution >= 0.6 is 11.8 Å². The van der Waals surface area contributed by atoms with Crippen molar-refractivity contribution >= 4 is 34.5 Å². The van der Waals surface area contributed by atoms with Crippen LogP contribution in [0, 0.1) is 6.92 Å². The Morgan fingerprint density at radius 3 is 3.15 bits per heavy atom. The number of aromatic nitrogens is 3. The first-order valence-electron chi connectivity index (χ1n) is 6.32. The molecule has 1 aliphatic heterocycles. The molecule has 0 saturated heterocycles. The van der Waals surface area contributed by atoms with Gasteiger partial charge in [-0.3, -0.25) is 4.79 Å². The number of hydrogen-bond acceptors (Lipinski definition) is 5. The van der Waals surface area contributed by atoms with E-state index in [1.807, 2.05) is 24.2 Å². The number of likely N-dealkylation sites (N-methyl/N-ethyl adjacent to an activating group) is 1. The number of H-pyrrole nitrogens is 1. The van der Waals surface area contributed by atoms with Crippen LogP contribution < -0.4 is 10.2 Å². The highest BCUT2D eigenvalue weighted by atomic mass is 32.2. The van der Waals surface area contributed by atoms with Crippen LogP contribution in [0.3, 0.4) is 0 Å². The van der Waals surface area contributed by atoms with Crippen molar-refractivity contribution in [3.8, 4) is 0 Å². The van der Waals surface area contributed by atoms with Crippen molar-refractivity contribution in [2.75, 3.05) is 24.2 Å². The number of aryl methyl sites for hydroxylation is 1. The minimum Gasteiger partial charge on any atom is -0.355 e. The summed E-state index contributed by atoms with van der Waals surface area (Å²) in [5, 5.41) is 3.66. The largest absolute Gasteiger partial charge is 0.355 e. The van der Waals surface area contributed by atoms with Gasteiger partial charge < -0.3 is 15.2 Å². The highest BCUT2D eigenvalue weighted by Crippen LogP contribution is 2.30. The van der Waals surface area contributed by atoms with Gasteiger partial charge in [-0.05, 0) is 12.5 Å². The molecule has 6 nitrogen and oxygen atoms in total. The highest BCUT2D eigenvalue weighted by molar-refractivity contribution is 8.04. The van der Waals surface area contributed by atoms with Crippen LogP contribution in [-0.2, 0) is 4.79 Å². The number of carbonyl (C=O) groups is 1. The Morgan fingerprint density at radius 1 is 1.50 bits per heavy atom. The topological polar surface area (TPSA) is 73.9 Å². The third-order valence-corrected chi connectivity index (χ3v) is 4.22. The van der Waals surface area contributed by atoms with Gasteiger partial charge in [-0.25, -0.2) is 9.97 Å². The van der Waals surface area contributed by atoms with Gasteiger partial charge in [-0.15, -0.1) is 11.8 Å². The van der Waals surface area contributed by atoms with Crippen LogP contribution in [0.2, 0.25) is 0 Å². The molecule has 1 amide bonds. The predicted molar refractivity (Wildman–Crippen MR) is 80.6 cm³/mol. The molecule has 0 atom stereocenters. The Bertz CT molecular complexity index is 693. The average Bonchev–Trinajstić information content (AvgIpc) is 2.88. The SMILES string of the molecule is CNC(=O)C1=CN(c2ncnc3[nH]cc(C)c23)CCS1. The molecule has 3 heterocycles. The van der Waals surface area contributed by atoms with Gasteiger partial charge in [0.1, 0.15) is 17.8 Å². The van der Waals surface area contributed by atoms with Gasteiger partial charge >= 0.3 is 0 Å². The zero-order chi connectivity index (χ0) is 14.1. The van der Waals surface area contributed by atoms with Gasteiger partial charge in [-0.1, -0.05) is 0 Å². The molecular weight excluding hydrogens is 274 g/mol. The van der Waals surface area contributed by atoms with E-state index in [1.54, 1.807) is 25.1 Å². The number of hydrogen-bond donors (Lipinski definition) is 2. The van der Waals surface area contributed by atoms with E-state index >= 15 is 0 Å². The third-order valence-electron chi connectivity index (χ3n) is 3.23. The fraction of sp³-hybridized carbons (Fsp3) is 0.308. The van der Waals surface area contributed by atoms with Gasteiger partial charge in [0.2, 0.25) is 0 Å². The maximum Gasteiger partial charge on any atom is 0.258 e. The summed E-state index contributed by atoms with van der Waals surface area (Å²) in [6, 6.07) is 0. The molecule has 0 spiro atoms. The first-order chi connectivity index (χ1) is 9.70. The minimum atomic E-state index is -0.0595. The van der Waals surface area contributed by atoms with E-state index in [0.29, 0.717) is 4.91 Å². The second kappa shape index (κ2) is 5.16. The van der Waals surface area contributed by atoms with Crippen molar-refractivity contribution in [2.45, 2.75) is 6.92 Å². The summed E-state index contributed by atoms with van der Waals surface area (Å²) in [6.07, 6.45) is 5.33. The fourth-order valence-electron chi connectivity index (χ4n) is 2.23. The lowest BCUT2D eigenvalue weighted by molar-refractivity contribution is -0.116. The zero-order valence-electron chi connectivity index (χ0n) is 11.3. The molecule has 1 aliphatic rings. The quantitative estimate of drug-likeness (QED) is 0.874. The summed E-state index contributed by atoms with van der Waals surface area (Å²) in [6.45, 7) is 2.84. The number of aromatic amines is 1. The van der Waals surface area contributed by atoms with E-state index in [2.05, 4.69) is 20.3 Å². The van der Waals surface area contributed by atoms with Crippen molar-refractivity contribution < 1.29 is 4.79 Å². The van der Waals surface area contributed by atoms with Crippen LogP contribution in [0.5, 0.6) is 0 Å². The van der Waals surface area contributed by atoms with E-state index < -0.39 is 0 Å². The normalized spacial score (nSPS) is 15.3. The summed E-state index contributed by atoms with van der Waals surface area (Å²) in [5.41, 5.74) is 1.92. The number of anilines is 1. The third kappa shape index (κ3) is 2.14. The molecule has 20 heavy (non-hydrogen) atoms. The summed E-state index contributed by atoms with van der Waals surface area (Å²) >= 11 is 1.56. The maximum atomic E-state index is 11.8. The highest BCUT2D eigenvalue weighted by Gasteiger charge is 2.20. The first-order valence-corrected chi connectivity index (χ1v) is 7.31. The van der Waals surface area contributed by atoms with Crippen LogP contribution in [0.1, 0.15) is 5.56 Å². The van der Waals surface area contributed by atoms with Gasteiger partial charge in [-0.2, -0.15) is 0 Å². The molecular formula is C13H15N5OS. The molecule has 2 aromatic rings. The Hall–Kier alpha value is -2.02. The van der Waals surface area contributed by atoms with Gasteiger partial charge in [0.25, 0.3) is 5.91 Å². The minimum absolute atomic E-state index is 0.0595. The smallest absolute Gasteiger partial charge is 0.258 e. The maximum absolute atomic E-state index is 11.8. The summed E-state index contributed by atoms with van der Waals surface area (Å²) in [7, 11) is 1.64. The van der Waals surface area contributed by atoms with Crippen LogP contribution in [0.4, 0.5) is 5.82 Å². The van der Waals surface area contributed by atoms with Gasteiger partial charge in [0, 0.05) is 31.7 Å². The Kier molecular flexibility index (Phi) is 3.35. The Balaban J connectivity index is 2.07. The van der Waals surface area contributed by atoms with Gasteiger partial charge in [0.15, 0.2) is 0 Å². The number of fused-ring (bicyclic) bond motifs is 1. The summed E-state index contributed by atoms with van der Waals surface area (Å²) in [4.78, 5) is 26.2. The standard InChI is InChI=1S/C13H15N5OS/c1-8-5-15-11-10(8)12(17-7-16-11)18-3-4-20-9(6-18)13(19)14-2/h5-7H,3-4H2,1-2H3,(H,14,19)(H,15,16,17). The molecule has 0 fully saturated rings. The average molecular weight is 289 g/mol. The van der Waals surface area contributed by atoms with E-state index in [-0.39, 0.29) is 5.91 Å². The molecule has 7 heteroatoms. The number of carbonyl (C=O) groups excluding carboxylic acids is 1. The molecule has 0 saturated carbocycles. The van der Waals surface area contributed by atoms with Crippen molar-refractivity contribution in [1.29, 1.82) is 0 Å². The number of nitrogens with one attached hydrogen (secondary N) is 2. The second-order valence-electron chi connectivity index (χ2n) is 4.51. The molecule has 104 valence electrons. The lowest BCUT2D eigenvalue weighted by atomic mass is 10.2. The van der Waals surface area contributed by atoms with Crippen molar-refractivity contribution in [3.63, 3.8) is 0 Å². The predicted octanol–water partition coefficient (Wildman–Crippen LogP) is 1.41. The summed E-state index contributed by atoms with van der Waals surface area (Å²) in [5.74, 6) is 1.64. The van der Waals surface area contributed by atoms with Gasteiger partial charge in [0.05, 0.1) is 10.3 Å². The van der Waals surface area contributed by atoms with Crippen LogP contribution in [-0.4, -0.2) is 40.2 Å². The van der Waals surface area contributed by atoms with E-state index in [4.69, 9.17) is 0 Å². The number of nitrogens with zero attached hydrogens (tertiary/aromatic N) is 3. The Labute approximate surface area is 120 Å². The van der Waals surface area contributed by atoms with Crippen molar-refractivity contribution in [1.82, 2.24) is 20.3 Å². The summed E-state index contributed by atoms with van der Waals surface area (Å²) < 4.78 is 0. The molecule has 2 aromatic heterocycles. The number of thioether (sulfide) groups is 1. The monoisotopic (exact) mass is 289 g/mol. The van der Waals surface area contributed by atoms with Crippen LogP contribution in [0.25, 0.3) is 11.0 Å². The van der Waals surface area contributed by atoms with Crippen molar-refractivity contribution in [3.05, 3.63) is 29.2 Å². The van der Waals surface area contributed by atoms with Crippen molar-refractivity contribution in [2.24, 2.45) is 0 Å². The molecule has 2 N–H and O–H groups in total. The molecule has 0 aliphatic carbocycles. The first kappa shape index (κ1) is 13.0. The fourth-order valence-corrected chi connectivity index (χ4v) is 3.17. The number of rotatable bonds is 2. The second-order valence-corrected chi connectivity index (χ2v) is 5.64. The van der Waals surface area contributed by atoms with E-state index in [1.165, 1.54) is 0 Å². The van der Waals surface area contributed by atoms with E-state index in [9.17, 15) is 4.79 Å². The molecule has 0 bridgehead atoms. The molecule has 0 unspecified atom stereocenters. The lowest BCUT2D eigenvalue weighted by Crippen LogP contribution is -2.29. The zero-order valence-corrected chi connectivity index (χ0v) is 12.1. The molecule has 3 rings (SSSR count). The van der Waals surface area contributed by atoms with Crippen LogP contribution in [0.15, 0.2) is 23.6 Å². The Morgan fingerprint density at radius 2 is 2.35 bits per heavy atom.